The molecule has 0 unspecified atom stereocenters. The third-order valence-corrected chi connectivity index (χ3v) is 5.75. The zero-order chi connectivity index (χ0) is 22.5. The first-order valence-corrected chi connectivity index (χ1v) is 11.1. The molecule has 0 aliphatic carbocycles. The van der Waals surface area contributed by atoms with Crippen LogP contribution in [0.2, 0.25) is 5.02 Å². The Kier molecular flexibility index (Phi) is 7.25. The van der Waals surface area contributed by atoms with Gasteiger partial charge in [-0.25, -0.2) is 0 Å². The molecule has 0 radical (unpaired) electrons. The Labute approximate surface area is 183 Å². The summed E-state index contributed by atoms with van der Waals surface area (Å²) in [4.78, 5) is 0. The highest BCUT2D eigenvalue weighted by atomic mass is 35.5. The molecule has 0 fully saturated rings. The van der Waals surface area contributed by atoms with Crippen LogP contribution in [0, 0.1) is 0 Å². The number of halogens is 4. The number of anilines is 1. The van der Waals surface area contributed by atoms with Gasteiger partial charge in [0, 0.05) is 10.7 Å². The van der Waals surface area contributed by atoms with Crippen LogP contribution in [0.3, 0.4) is 0 Å². The van der Waals surface area contributed by atoms with Gasteiger partial charge in [0.2, 0.25) is 0 Å². The van der Waals surface area contributed by atoms with Crippen LogP contribution in [-0.2, 0) is 27.8 Å². The van der Waals surface area contributed by atoms with Crippen molar-refractivity contribution in [2.24, 2.45) is 0 Å². The average molecular weight is 470 g/mol. The van der Waals surface area contributed by atoms with Crippen molar-refractivity contribution in [1.82, 2.24) is 0 Å². The Morgan fingerprint density at radius 3 is 2.26 bits per heavy atom. The van der Waals surface area contributed by atoms with Crippen LogP contribution >= 0.6 is 11.6 Å². The second-order valence-corrected chi connectivity index (χ2v) is 8.87. The number of hydrogen-bond acceptors (Lipinski definition) is 3. The first-order valence-electron chi connectivity index (χ1n) is 9.25. The van der Waals surface area contributed by atoms with E-state index in [1.165, 1.54) is 22.9 Å². The minimum absolute atomic E-state index is 0.147. The molecule has 4 nitrogen and oxygen atoms in total. The molecule has 0 aromatic heterocycles. The van der Waals surface area contributed by atoms with E-state index in [0.29, 0.717) is 30.2 Å². The highest BCUT2D eigenvalue weighted by Gasteiger charge is 2.46. The van der Waals surface area contributed by atoms with Gasteiger partial charge in [0.15, 0.2) is 0 Å². The van der Waals surface area contributed by atoms with Crippen molar-refractivity contribution in [3.8, 4) is 11.1 Å². The van der Waals surface area contributed by atoms with Crippen LogP contribution in [-0.4, -0.2) is 20.5 Å². The maximum absolute atomic E-state index is 12.5. The molecule has 3 aromatic carbocycles. The average Bonchev–Trinajstić information content (AvgIpc) is 2.71. The van der Waals surface area contributed by atoms with Gasteiger partial charge in [0.1, 0.15) is 0 Å². The Balaban J connectivity index is 1.51. The molecular weight excluding hydrogens is 451 g/mol. The van der Waals surface area contributed by atoms with E-state index in [2.05, 4.69) is 0 Å². The number of ether oxygens (including phenoxy) is 1. The molecule has 3 rings (SSSR count). The lowest BCUT2D eigenvalue weighted by Gasteiger charge is -2.11. The summed E-state index contributed by atoms with van der Waals surface area (Å²) in [5.74, 6) is 0. The van der Waals surface area contributed by atoms with E-state index in [9.17, 15) is 21.6 Å². The van der Waals surface area contributed by atoms with Crippen molar-refractivity contribution < 1.29 is 26.3 Å². The van der Waals surface area contributed by atoms with Gasteiger partial charge in [-0.3, -0.25) is 4.72 Å². The predicted octanol–water partition coefficient (Wildman–Crippen LogP) is 6.03. The van der Waals surface area contributed by atoms with E-state index in [-0.39, 0.29) is 5.69 Å². The van der Waals surface area contributed by atoms with Crippen LogP contribution < -0.4 is 4.72 Å². The maximum Gasteiger partial charge on any atom is 0.516 e. The van der Waals surface area contributed by atoms with Crippen molar-refractivity contribution in [1.29, 1.82) is 0 Å². The molecule has 9 heteroatoms. The molecule has 0 heterocycles. The summed E-state index contributed by atoms with van der Waals surface area (Å²) < 4.78 is 67.1. The molecule has 0 aliphatic heterocycles. The number of nitrogens with one attached hydrogen (secondary N) is 1. The van der Waals surface area contributed by atoms with Crippen LogP contribution in [0.1, 0.15) is 11.1 Å². The van der Waals surface area contributed by atoms with Crippen molar-refractivity contribution in [2.45, 2.75) is 18.5 Å². The zero-order valence-electron chi connectivity index (χ0n) is 16.2. The minimum atomic E-state index is -5.44. The molecule has 0 aliphatic rings. The fourth-order valence-corrected chi connectivity index (χ4v) is 3.59. The molecule has 0 atom stereocenters. The summed E-state index contributed by atoms with van der Waals surface area (Å²) in [5, 5.41) is 0.667. The monoisotopic (exact) mass is 469 g/mol. The topological polar surface area (TPSA) is 55.4 Å². The number of hydrogen-bond donors (Lipinski definition) is 1. The van der Waals surface area contributed by atoms with Crippen molar-refractivity contribution >= 4 is 27.3 Å². The molecule has 0 bridgehead atoms. The van der Waals surface area contributed by atoms with E-state index < -0.39 is 15.5 Å². The summed E-state index contributed by atoms with van der Waals surface area (Å²) in [6.45, 7) is 0.696. The lowest BCUT2D eigenvalue weighted by Crippen LogP contribution is -2.29. The van der Waals surface area contributed by atoms with Gasteiger partial charge in [-0.2, -0.15) is 21.6 Å². The molecule has 0 saturated carbocycles. The Bertz CT molecular complexity index is 1130. The largest absolute Gasteiger partial charge is 0.516 e. The SMILES string of the molecule is O=S(=O)(Nc1cccc(CCOCc2ccc(-c3cccc(Cl)c3)cc2)c1)C(F)(F)F. The van der Waals surface area contributed by atoms with Crippen molar-refractivity contribution in [3.63, 3.8) is 0 Å². The third-order valence-electron chi connectivity index (χ3n) is 4.40. The van der Waals surface area contributed by atoms with Crippen molar-refractivity contribution in [3.05, 3.63) is 88.9 Å². The van der Waals surface area contributed by atoms with Gasteiger partial charge in [-0.15, -0.1) is 0 Å². The van der Waals surface area contributed by atoms with E-state index in [4.69, 9.17) is 16.3 Å². The molecule has 31 heavy (non-hydrogen) atoms. The number of alkyl halides is 3. The van der Waals surface area contributed by atoms with Gasteiger partial charge in [-0.1, -0.05) is 60.1 Å². The summed E-state index contributed by atoms with van der Waals surface area (Å²) in [6, 6.07) is 21.2. The second-order valence-electron chi connectivity index (χ2n) is 6.76. The lowest BCUT2D eigenvalue weighted by molar-refractivity contribution is -0.0429. The van der Waals surface area contributed by atoms with Crippen LogP contribution in [0.4, 0.5) is 18.9 Å². The molecule has 1 N–H and O–H groups in total. The smallest absolute Gasteiger partial charge is 0.376 e. The van der Waals surface area contributed by atoms with E-state index in [1.807, 2.05) is 48.5 Å². The first kappa shape index (κ1) is 23.1. The van der Waals surface area contributed by atoms with Gasteiger partial charge in [0.05, 0.1) is 13.2 Å². The molecule has 3 aromatic rings. The van der Waals surface area contributed by atoms with Crippen LogP contribution in [0.5, 0.6) is 0 Å². The Hall–Kier alpha value is -2.55. The Morgan fingerprint density at radius 2 is 1.58 bits per heavy atom. The predicted molar refractivity (Wildman–Crippen MR) is 115 cm³/mol. The van der Waals surface area contributed by atoms with Crippen LogP contribution in [0.25, 0.3) is 11.1 Å². The molecule has 164 valence electrons. The first-order chi connectivity index (χ1) is 14.6. The summed E-state index contributed by atoms with van der Waals surface area (Å²) >= 11 is 6.02. The highest BCUT2D eigenvalue weighted by molar-refractivity contribution is 7.93. The quantitative estimate of drug-likeness (QED) is 0.410. The second kappa shape index (κ2) is 9.72. The summed E-state index contributed by atoms with van der Waals surface area (Å²) in [7, 11) is -5.44. The standard InChI is InChI=1S/C22H19ClF3NO3S/c23-20-5-2-4-19(14-20)18-9-7-17(8-10-18)15-30-12-11-16-3-1-6-21(13-16)27-31(28,29)22(24,25)26/h1-10,13-14,27H,11-12,15H2. The summed E-state index contributed by atoms with van der Waals surface area (Å²) in [5.41, 5.74) is -1.85. The maximum atomic E-state index is 12.5. The highest BCUT2D eigenvalue weighted by Crippen LogP contribution is 2.26. The fourth-order valence-electron chi connectivity index (χ4n) is 2.84. The lowest BCUT2D eigenvalue weighted by atomic mass is 10.0. The normalized spacial score (nSPS) is 12.0. The third kappa shape index (κ3) is 6.46. The van der Waals surface area contributed by atoms with E-state index in [1.54, 1.807) is 6.07 Å². The van der Waals surface area contributed by atoms with Gasteiger partial charge >= 0.3 is 15.5 Å². The van der Waals surface area contributed by atoms with E-state index >= 15 is 0 Å². The number of benzene rings is 3. The minimum Gasteiger partial charge on any atom is -0.376 e. The van der Waals surface area contributed by atoms with Crippen LogP contribution in [0.15, 0.2) is 72.8 Å². The van der Waals surface area contributed by atoms with Gasteiger partial charge in [-0.05, 0) is 52.9 Å². The van der Waals surface area contributed by atoms with Gasteiger partial charge in [0.25, 0.3) is 0 Å². The van der Waals surface area contributed by atoms with Gasteiger partial charge < -0.3 is 4.74 Å². The number of rotatable bonds is 8. The fraction of sp³-hybridized carbons (Fsp3) is 0.182. The van der Waals surface area contributed by atoms with Crippen molar-refractivity contribution in [2.75, 3.05) is 11.3 Å². The summed E-state index contributed by atoms with van der Waals surface area (Å²) in [6.07, 6.45) is 0.419. The number of sulfonamides is 1. The zero-order valence-corrected chi connectivity index (χ0v) is 17.8. The molecule has 0 saturated heterocycles. The molecular formula is C22H19ClF3NO3S. The van der Waals surface area contributed by atoms with E-state index in [0.717, 1.165) is 16.7 Å². The Morgan fingerprint density at radius 1 is 0.871 bits per heavy atom. The molecule has 0 amide bonds. The molecule has 0 spiro atoms.